The second-order valence-corrected chi connectivity index (χ2v) is 6.85. The molecule has 1 amide bonds. The van der Waals surface area contributed by atoms with Crippen LogP contribution in [-0.2, 0) is 4.79 Å². The summed E-state index contributed by atoms with van der Waals surface area (Å²) in [6, 6.07) is 9.05. The van der Waals surface area contributed by atoms with Crippen molar-refractivity contribution in [3.8, 4) is 17.2 Å². The third-order valence-corrected chi connectivity index (χ3v) is 5.31. The Morgan fingerprint density at radius 3 is 2.31 bits per heavy atom. The van der Waals surface area contributed by atoms with E-state index < -0.39 is 0 Å². The Morgan fingerprint density at radius 1 is 1.08 bits per heavy atom. The predicted octanol–water partition coefficient (Wildman–Crippen LogP) is 4.34. The first-order valence-corrected chi connectivity index (χ1v) is 9.05. The van der Waals surface area contributed by atoms with Gasteiger partial charge in [-0.25, -0.2) is 0 Å². The van der Waals surface area contributed by atoms with E-state index in [0.717, 1.165) is 21.2 Å². The van der Waals surface area contributed by atoms with E-state index in [1.54, 1.807) is 14.2 Å². The molecule has 0 spiro atoms. The van der Waals surface area contributed by atoms with Crippen molar-refractivity contribution in [1.29, 1.82) is 0 Å². The standard InChI is InChI=1S/C20H24BrNO4/c1-12-8-16(9-13(2)20(12)21)26-11-19(23)22-14(3)17-10-15(24-4)6-7-18(17)25-5/h6-10,14H,11H2,1-5H3,(H,22,23)/t14-/m0/s1. The molecule has 2 rings (SSSR count). The molecule has 2 aromatic carbocycles. The Bertz CT molecular complexity index is 768. The summed E-state index contributed by atoms with van der Waals surface area (Å²) in [6.07, 6.45) is 0. The lowest BCUT2D eigenvalue weighted by Gasteiger charge is -2.18. The van der Waals surface area contributed by atoms with Crippen LogP contribution in [0.1, 0.15) is 29.7 Å². The molecule has 0 fully saturated rings. The van der Waals surface area contributed by atoms with Crippen LogP contribution in [0.5, 0.6) is 17.2 Å². The third-order valence-electron chi connectivity index (χ3n) is 4.06. The van der Waals surface area contributed by atoms with Crippen molar-refractivity contribution < 1.29 is 19.0 Å². The first-order chi connectivity index (χ1) is 12.3. The predicted molar refractivity (Wildman–Crippen MR) is 105 cm³/mol. The molecule has 1 atom stereocenters. The van der Waals surface area contributed by atoms with Gasteiger partial charge in [-0.15, -0.1) is 0 Å². The van der Waals surface area contributed by atoms with E-state index in [1.165, 1.54) is 0 Å². The highest BCUT2D eigenvalue weighted by Gasteiger charge is 2.16. The van der Waals surface area contributed by atoms with Crippen LogP contribution < -0.4 is 19.5 Å². The Kier molecular flexibility index (Phi) is 6.91. The summed E-state index contributed by atoms with van der Waals surface area (Å²) in [4.78, 5) is 12.3. The van der Waals surface area contributed by atoms with E-state index >= 15 is 0 Å². The first-order valence-electron chi connectivity index (χ1n) is 8.26. The van der Waals surface area contributed by atoms with E-state index in [9.17, 15) is 4.79 Å². The van der Waals surface area contributed by atoms with Gasteiger partial charge in [0.15, 0.2) is 6.61 Å². The number of rotatable bonds is 7. The smallest absolute Gasteiger partial charge is 0.258 e. The van der Waals surface area contributed by atoms with Crippen LogP contribution in [0.4, 0.5) is 0 Å². The van der Waals surface area contributed by atoms with Crippen LogP contribution in [0.2, 0.25) is 0 Å². The number of methoxy groups -OCH3 is 2. The lowest BCUT2D eigenvalue weighted by atomic mass is 10.1. The average Bonchev–Trinajstić information content (AvgIpc) is 2.63. The minimum atomic E-state index is -0.246. The number of hydrogen-bond acceptors (Lipinski definition) is 4. The van der Waals surface area contributed by atoms with Gasteiger partial charge >= 0.3 is 0 Å². The number of amides is 1. The number of nitrogens with one attached hydrogen (secondary N) is 1. The third kappa shape index (κ3) is 4.91. The molecule has 2 aromatic rings. The number of carbonyl (C=O) groups is 1. The summed E-state index contributed by atoms with van der Waals surface area (Å²) in [5, 5.41) is 2.92. The number of carbonyl (C=O) groups excluding carboxylic acids is 1. The zero-order valence-corrected chi connectivity index (χ0v) is 17.3. The summed E-state index contributed by atoms with van der Waals surface area (Å²) in [7, 11) is 3.20. The molecule has 0 heterocycles. The minimum absolute atomic E-state index is 0.0584. The van der Waals surface area contributed by atoms with Gasteiger partial charge in [0, 0.05) is 10.0 Å². The number of aryl methyl sites for hydroxylation is 2. The van der Waals surface area contributed by atoms with Gasteiger partial charge < -0.3 is 19.5 Å². The topological polar surface area (TPSA) is 56.8 Å². The zero-order chi connectivity index (χ0) is 19.3. The highest BCUT2D eigenvalue weighted by molar-refractivity contribution is 9.10. The normalized spacial score (nSPS) is 11.6. The molecule has 5 nitrogen and oxygen atoms in total. The summed E-state index contributed by atoms with van der Waals surface area (Å²) in [5.41, 5.74) is 2.97. The fraction of sp³-hybridized carbons (Fsp3) is 0.350. The van der Waals surface area contributed by atoms with Gasteiger partial charge in [0.05, 0.1) is 20.3 Å². The molecule has 0 aliphatic carbocycles. The SMILES string of the molecule is COc1ccc(OC)c([C@H](C)NC(=O)COc2cc(C)c(Br)c(C)c2)c1. The Labute approximate surface area is 162 Å². The molecule has 0 aromatic heterocycles. The fourth-order valence-electron chi connectivity index (χ4n) is 2.68. The first kappa shape index (κ1) is 20.1. The van der Waals surface area contributed by atoms with Crippen molar-refractivity contribution in [2.45, 2.75) is 26.8 Å². The largest absolute Gasteiger partial charge is 0.497 e. The van der Waals surface area contributed by atoms with Crippen molar-refractivity contribution in [2.75, 3.05) is 20.8 Å². The lowest BCUT2D eigenvalue weighted by molar-refractivity contribution is -0.123. The quantitative estimate of drug-likeness (QED) is 0.722. The van der Waals surface area contributed by atoms with E-state index in [4.69, 9.17) is 14.2 Å². The second kappa shape index (κ2) is 8.94. The van der Waals surface area contributed by atoms with Crippen molar-refractivity contribution in [1.82, 2.24) is 5.32 Å². The molecule has 0 bridgehead atoms. The van der Waals surface area contributed by atoms with Gasteiger partial charge in [0.1, 0.15) is 17.2 Å². The molecule has 0 aliphatic rings. The summed E-state index contributed by atoms with van der Waals surface area (Å²) >= 11 is 3.52. The highest BCUT2D eigenvalue weighted by Crippen LogP contribution is 2.29. The van der Waals surface area contributed by atoms with E-state index in [1.807, 2.05) is 51.1 Å². The van der Waals surface area contributed by atoms with Crippen LogP contribution in [-0.4, -0.2) is 26.7 Å². The van der Waals surface area contributed by atoms with Crippen molar-refractivity contribution >= 4 is 21.8 Å². The average molecular weight is 422 g/mol. The molecular formula is C20H24BrNO4. The lowest BCUT2D eigenvalue weighted by Crippen LogP contribution is -2.31. The van der Waals surface area contributed by atoms with Crippen molar-refractivity contribution in [3.63, 3.8) is 0 Å². The Morgan fingerprint density at radius 2 is 1.73 bits per heavy atom. The molecule has 0 radical (unpaired) electrons. The molecule has 140 valence electrons. The van der Waals surface area contributed by atoms with Gasteiger partial charge in [0.25, 0.3) is 5.91 Å². The van der Waals surface area contributed by atoms with Gasteiger partial charge in [-0.2, -0.15) is 0 Å². The molecule has 0 saturated carbocycles. The number of halogens is 1. The number of hydrogen-bond donors (Lipinski definition) is 1. The van der Waals surface area contributed by atoms with Gasteiger partial charge in [-0.3, -0.25) is 4.79 Å². The second-order valence-electron chi connectivity index (χ2n) is 6.06. The van der Waals surface area contributed by atoms with Gasteiger partial charge in [-0.05, 0) is 62.2 Å². The minimum Gasteiger partial charge on any atom is -0.497 e. The summed E-state index contributed by atoms with van der Waals surface area (Å²) in [6.45, 7) is 5.81. The van der Waals surface area contributed by atoms with Crippen LogP contribution in [0, 0.1) is 13.8 Å². The maximum absolute atomic E-state index is 12.3. The van der Waals surface area contributed by atoms with E-state index in [0.29, 0.717) is 17.2 Å². The molecule has 1 N–H and O–H groups in total. The summed E-state index contributed by atoms with van der Waals surface area (Å²) in [5.74, 6) is 1.86. The van der Waals surface area contributed by atoms with Crippen LogP contribution in [0.25, 0.3) is 0 Å². The van der Waals surface area contributed by atoms with E-state index in [2.05, 4.69) is 21.2 Å². The molecule has 0 saturated heterocycles. The van der Waals surface area contributed by atoms with Crippen molar-refractivity contribution in [2.24, 2.45) is 0 Å². The fourth-order valence-corrected chi connectivity index (χ4v) is 2.91. The highest BCUT2D eigenvalue weighted by atomic mass is 79.9. The molecule has 0 aliphatic heterocycles. The zero-order valence-electron chi connectivity index (χ0n) is 15.7. The van der Waals surface area contributed by atoms with Crippen LogP contribution in [0.15, 0.2) is 34.8 Å². The van der Waals surface area contributed by atoms with Crippen molar-refractivity contribution in [3.05, 3.63) is 51.5 Å². The maximum Gasteiger partial charge on any atom is 0.258 e. The summed E-state index contributed by atoms with van der Waals surface area (Å²) < 4.78 is 17.3. The Hall–Kier alpha value is -2.21. The maximum atomic E-state index is 12.3. The number of benzene rings is 2. The molecule has 0 unspecified atom stereocenters. The van der Waals surface area contributed by atoms with Gasteiger partial charge in [0.2, 0.25) is 0 Å². The van der Waals surface area contributed by atoms with Gasteiger partial charge in [-0.1, -0.05) is 15.9 Å². The monoisotopic (exact) mass is 421 g/mol. The van der Waals surface area contributed by atoms with Crippen LogP contribution in [0.3, 0.4) is 0 Å². The molecule has 6 heteroatoms. The Balaban J connectivity index is 2.01. The number of ether oxygens (including phenoxy) is 3. The van der Waals surface area contributed by atoms with Crippen LogP contribution >= 0.6 is 15.9 Å². The van der Waals surface area contributed by atoms with E-state index in [-0.39, 0.29) is 18.6 Å². The molecule has 26 heavy (non-hydrogen) atoms. The molecular weight excluding hydrogens is 398 g/mol.